The van der Waals surface area contributed by atoms with Gasteiger partial charge in [-0.1, -0.05) is 0 Å². The topological polar surface area (TPSA) is 9.23 Å². The number of ether oxygens (including phenoxy) is 1. The average molecular weight is 164 g/mol. The third-order valence-corrected chi connectivity index (χ3v) is 1.99. The first-order valence-electron chi connectivity index (χ1n) is 4.03. The van der Waals surface area contributed by atoms with E-state index in [-0.39, 0.29) is 12.3 Å². The molecular formula is C8H14F2O. The molecule has 3 heteroatoms. The highest BCUT2D eigenvalue weighted by atomic mass is 19.3. The van der Waals surface area contributed by atoms with Crippen LogP contribution >= 0.6 is 0 Å². The Morgan fingerprint density at radius 1 is 1.36 bits per heavy atom. The van der Waals surface area contributed by atoms with Gasteiger partial charge in [0.05, 0.1) is 0 Å². The lowest BCUT2D eigenvalue weighted by molar-refractivity contribution is -0.0265. The van der Waals surface area contributed by atoms with E-state index in [1.54, 1.807) is 0 Å². The predicted molar refractivity (Wildman–Crippen MR) is 38.8 cm³/mol. The van der Waals surface area contributed by atoms with Crippen LogP contribution in [-0.4, -0.2) is 19.1 Å². The normalized spacial score (nSPS) is 22.1. The molecule has 1 fully saturated rings. The highest BCUT2D eigenvalue weighted by Crippen LogP contribution is 2.28. The van der Waals surface area contributed by atoms with E-state index in [1.165, 1.54) is 0 Å². The van der Waals surface area contributed by atoms with Crippen molar-refractivity contribution < 1.29 is 13.5 Å². The summed E-state index contributed by atoms with van der Waals surface area (Å²) in [5.41, 5.74) is 0. The largest absolute Gasteiger partial charge is 0.381 e. The van der Waals surface area contributed by atoms with Crippen LogP contribution in [0.25, 0.3) is 0 Å². The van der Waals surface area contributed by atoms with Gasteiger partial charge in [0.15, 0.2) is 0 Å². The molecule has 0 aromatic carbocycles. The second kappa shape index (κ2) is 3.48. The fourth-order valence-corrected chi connectivity index (χ4v) is 1.46. The summed E-state index contributed by atoms with van der Waals surface area (Å²) in [6.07, 6.45) is 1.61. The summed E-state index contributed by atoms with van der Waals surface area (Å²) < 4.78 is 30.0. The van der Waals surface area contributed by atoms with Gasteiger partial charge in [0.2, 0.25) is 5.92 Å². The molecule has 1 rings (SSSR count). The minimum atomic E-state index is -2.50. The molecule has 1 nitrogen and oxygen atoms in total. The van der Waals surface area contributed by atoms with Crippen LogP contribution in [0.1, 0.15) is 26.2 Å². The number of halogens is 2. The van der Waals surface area contributed by atoms with E-state index in [2.05, 4.69) is 0 Å². The summed E-state index contributed by atoms with van der Waals surface area (Å²) in [5, 5.41) is 0. The third kappa shape index (κ3) is 3.65. The van der Waals surface area contributed by atoms with E-state index in [0.29, 0.717) is 13.2 Å². The van der Waals surface area contributed by atoms with Crippen LogP contribution in [0.5, 0.6) is 0 Å². The Kier molecular flexibility index (Phi) is 2.82. The molecular weight excluding hydrogens is 150 g/mol. The highest BCUT2D eigenvalue weighted by Gasteiger charge is 2.27. The molecule has 0 bridgehead atoms. The van der Waals surface area contributed by atoms with Gasteiger partial charge in [-0.25, -0.2) is 8.78 Å². The first-order chi connectivity index (χ1) is 5.08. The molecule has 0 spiro atoms. The van der Waals surface area contributed by atoms with E-state index >= 15 is 0 Å². The molecule has 0 N–H and O–H groups in total. The molecule has 0 aliphatic carbocycles. The Balaban J connectivity index is 2.24. The molecule has 0 unspecified atom stereocenters. The number of rotatable bonds is 2. The predicted octanol–water partition coefficient (Wildman–Crippen LogP) is 2.46. The molecule has 1 saturated heterocycles. The molecule has 11 heavy (non-hydrogen) atoms. The zero-order chi connectivity index (χ0) is 8.32. The molecule has 1 aliphatic heterocycles. The molecule has 0 aromatic rings. The van der Waals surface area contributed by atoms with Crippen molar-refractivity contribution in [1.29, 1.82) is 0 Å². The Labute approximate surface area is 65.7 Å². The van der Waals surface area contributed by atoms with E-state index in [0.717, 1.165) is 19.8 Å². The van der Waals surface area contributed by atoms with Crippen molar-refractivity contribution in [2.45, 2.75) is 32.1 Å². The zero-order valence-electron chi connectivity index (χ0n) is 6.78. The summed E-state index contributed by atoms with van der Waals surface area (Å²) in [6.45, 7) is 2.30. The summed E-state index contributed by atoms with van der Waals surface area (Å²) in [7, 11) is 0. The van der Waals surface area contributed by atoms with Gasteiger partial charge in [-0.05, 0) is 25.7 Å². The third-order valence-electron chi connectivity index (χ3n) is 1.99. The molecule has 66 valence electrons. The molecule has 0 aromatic heterocycles. The van der Waals surface area contributed by atoms with Crippen molar-refractivity contribution in [3.8, 4) is 0 Å². The van der Waals surface area contributed by atoms with Crippen LogP contribution in [0.15, 0.2) is 0 Å². The van der Waals surface area contributed by atoms with Crippen molar-refractivity contribution in [2.75, 3.05) is 13.2 Å². The molecule has 1 heterocycles. The van der Waals surface area contributed by atoms with Crippen LogP contribution in [0.4, 0.5) is 8.78 Å². The van der Waals surface area contributed by atoms with E-state index < -0.39 is 5.92 Å². The molecule has 0 amide bonds. The quantitative estimate of drug-likeness (QED) is 0.609. The van der Waals surface area contributed by atoms with Crippen molar-refractivity contribution in [1.82, 2.24) is 0 Å². The van der Waals surface area contributed by atoms with Crippen LogP contribution in [0.3, 0.4) is 0 Å². The summed E-state index contributed by atoms with van der Waals surface area (Å²) in [4.78, 5) is 0. The van der Waals surface area contributed by atoms with Gasteiger partial charge >= 0.3 is 0 Å². The Bertz CT molecular complexity index is 114. The van der Waals surface area contributed by atoms with Gasteiger partial charge in [-0.3, -0.25) is 0 Å². The lowest BCUT2D eigenvalue weighted by atomic mass is 9.94. The fraction of sp³-hybridized carbons (Fsp3) is 1.00. The lowest BCUT2D eigenvalue weighted by Crippen LogP contribution is -2.22. The Hall–Kier alpha value is -0.180. The van der Waals surface area contributed by atoms with Gasteiger partial charge in [0, 0.05) is 19.6 Å². The van der Waals surface area contributed by atoms with Crippen LogP contribution in [0, 0.1) is 5.92 Å². The molecule has 0 atom stereocenters. The summed E-state index contributed by atoms with van der Waals surface area (Å²) in [5.74, 6) is -2.33. The van der Waals surface area contributed by atoms with Crippen molar-refractivity contribution in [3.63, 3.8) is 0 Å². The van der Waals surface area contributed by atoms with Crippen LogP contribution < -0.4 is 0 Å². The van der Waals surface area contributed by atoms with Crippen LogP contribution in [-0.2, 0) is 4.74 Å². The smallest absolute Gasteiger partial charge is 0.245 e. The zero-order valence-corrected chi connectivity index (χ0v) is 6.78. The van der Waals surface area contributed by atoms with E-state index in [1.807, 2.05) is 0 Å². The van der Waals surface area contributed by atoms with E-state index in [4.69, 9.17) is 4.74 Å². The van der Waals surface area contributed by atoms with Crippen LogP contribution in [0.2, 0.25) is 0 Å². The molecule has 1 aliphatic rings. The summed E-state index contributed by atoms with van der Waals surface area (Å²) >= 11 is 0. The first kappa shape index (κ1) is 8.91. The maximum atomic E-state index is 12.5. The second-order valence-electron chi connectivity index (χ2n) is 3.33. The number of hydrogen-bond acceptors (Lipinski definition) is 1. The number of alkyl halides is 2. The average Bonchev–Trinajstić information content (AvgIpc) is 1.85. The monoisotopic (exact) mass is 164 g/mol. The molecule has 0 saturated carbocycles. The standard InChI is InChI=1S/C8H14F2O/c1-8(9,10)6-7-2-4-11-5-3-7/h7H,2-6H2,1H3. The van der Waals surface area contributed by atoms with E-state index in [9.17, 15) is 8.78 Å². The van der Waals surface area contributed by atoms with Gasteiger partial charge in [0.25, 0.3) is 0 Å². The first-order valence-corrected chi connectivity index (χ1v) is 4.03. The maximum absolute atomic E-state index is 12.5. The van der Waals surface area contributed by atoms with Gasteiger partial charge < -0.3 is 4.74 Å². The minimum Gasteiger partial charge on any atom is -0.381 e. The molecule has 0 radical (unpaired) electrons. The SMILES string of the molecule is CC(F)(F)CC1CCOCC1. The maximum Gasteiger partial charge on any atom is 0.245 e. The Morgan fingerprint density at radius 3 is 2.36 bits per heavy atom. The Morgan fingerprint density at radius 2 is 1.91 bits per heavy atom. The second-order valence-corrected chi connectivity index (χ2v) is 3.33. The van der Waals surface area contributed by atoms with Crippen molar-refractivity contribution >= 4 is 0 Å². The minimum absolute atomic E-state index is 0.0242. The van der Waals surface area contributed by atoms with Gasteiger partial charge in [0.1, 0.15) is 0 Å². The van der Waals surface area contributed by atoms with Gasteiger partial charge in [-0.2, -0.15) is 0 Å². The number of hydrogen-bond donors (Lipinski definition) is 0. The van der Waals surface area contributed by atoms with Crippen molar-refractivity contribution in [2.24, 2.45) is 5.92 Å². The van der Waals surface area contributed by atoms with Crippen molar-refractivity contribution in [3.05, 3.63) is 0 Å². The fourth-order valence-electron chi connectivity index (χ4n) is 1.46. The summed E-state index contributed by atoms with van der Waals surface area (Å²) in [6, 6.07) is 0. The highest BCUT2D eigenvalue weighted by molar-refractivity contribution is 4.70. The lowest BCUT2D eigenvalue weighted by Gasteiger charge is -2.24. The van der Waals surface area contributed by atoms with Gasteiger partial charge in [-0.15, -0.1) is 0 Å².